The molecule has 1 fully saturated rings. The van der Waals surface area contributed by atoms with Gasteiger partial charge in [0.15, 0.2) is 15.0 Å². The van der Waals surface area contributed by atoms with Gasteiger partial charge in [-0.3, -0.25) is 4.99 Å². The smallest absolute Gasteiger partial charge is 0.164 e. The summed E-state index contributed by atoms with van der Waals surface area (Å²) in [5, 5.41) is 1.72. The van der Waals surface area contributed by atoms with Crippen LogP contribution in [0, 0.1) is 0 Å². The fraction of sp³-hybridized carbons (Fsp3) is 0.500. The molecule has 1 aromatic rings. The number of sulfone groups is 1. The molecule has 2 aliphatic rings. The Balaban J connectivity index is 1.84. The number of rotatable bonds is 3. The molecule has 0 spiro atoms. The summed E-state index contributed by atoms with van der Waals surface area (Å²) in [5.41, 5.74) is 1.05. The molecule has 0 bridgehead atoms. The van der Waals surface area contributed by atoms with E-state index in [9.17, 15) is 8.42 Å². The first kappa shape index (κ1) is 15.2. The molecule has 3 rings (SSSR count). The van der Waals surface area contributed by atoms with Gasteiger partial charge in [0.1, 0.15) is 0 Å². The molecule has 0 radical (unpaired) electrons. The predicted octanol–water partition coefficient (Wildman–Crippen LogP) is 2.82. The highest BCUT2D eigenvalue weighted by Crippen LogP contribution is 2.37. The summed E-state index contributed by atoms with van der Waals surface area (Å²) in [4.78, 5) is 6.82. The second kappa shape index (κ2) is 5.82. The van der Waals surface area contributed by atoms with Crippen molar-refractivity contribution in [3.8, 4) is 0 Å². The normalized spacial score (nSPS) is 26.5. The molecule has 1 aromatic carbocycles. The lowest BCUT2D eigenvalue weighted by molar-refractivity contribution is 0.601. The number of aliphatic imine (C=N–C) groups is 1. The lowest BCUT2D eigenvalue weighted by Gasteiger charge is -2.24. The SMILES string of the molecule is CCCN(C1=NC2CS(=O)(=O)CC2S1)c1ccc(Cl)cc1. The molecular weight excluding hydrogens is 328 g/mol. The summed E-state index contributed by atoms with van der Waals surface area (Å²) >= 11 is 7.54. The van der Waals surface area contributed by atoms with E-state index in [0.717, 1.165) is 23.8 Å². The van der Waals surface area contributed by atoms with Crippen molar-refractivity contribution in [3.05, 3.63) is 29.3 Å². The van der Waals surface area contributed by atoms with E-state index < -0.39 is 9.84 Å². The molecule has 21 heavy (non-hydrogen) atoms. The van der Waals surface area contributed by atoms with Gasteiger partial charge in [-0.2, -0.15) is 0 Å². The first-order chi connectivity index (χ1) is 9.98. The van der Waals surface area contributed by atoms with E-state index in [1.807, 2.05) is 24.3 Å². The van der Waals surface area contributed by atoms with E-state index in [1.54, 1.807) is 11.8 Å². The highest BCUT2D eigenvalue weighted by atomic mass is 35.5. The Morgan fingerprint density at radius 1 is 1.33 bits per heavy atom. The van der Waals surface area contributed by atoms with Gasteiger partial charge in [0.2, 0.25) is 0 Å². The Bertz CT molecular complexity index is 658. The minimum atomic E-state index is -2.90. The average Bonchev–Trinajstić information content (AvgIpc) is 2.90. The zero-order chi connectivity index (χ0) is 15.0. The van der Waals surface area contributed by atoms with Crippen molar-refractivity contribution < 1.29 is 8.42 Å². The summed E-state index contributed by atoms with van der Waals surface area (Å²) in [5.74, 6) is 0.435. The maximum atomic E-state index is 11.6. The van der Waals surface area contributed by atoms with Crippen LogP contribution in [0.3, 0.4) is 0 Å². The van der Waals surface area contributed by atoms with Crippen LogP contribution in [0.5, 0.6) is 0 Å². The maximum absolute atomic E-state index is 11.6. The van der Waals surface area contributed by atoms with Crippen molar-refractivity contribution in [2.45, 2.75) is 24.6 Å². The monoisotopic (exact) mass is 344 g/mol. The van der Waals surface area contributed by atoms with Crippen molar-refractivity contribution in [2.24, 2.45) is 4.99 Å². The van der Waals surface area contributed by atoms with Crippen molar-refractivity contribution in [1.29, 1.82) is 0 Å². The minimum Gasteiger partial charge on any atom is -0.321 e. The van der Waals surface area contributed by atoms with Gasteiger partial charge < -0.3 is 4.90 Å². The van der Waals surface area contributed by atoms with E-state index >= 15 is 0 Å². The topological polar surface area (TPSA) is 49.7 Å². The van der Waals surface area contributed by atoms with Crippen LogP contribution in [0.2, 0.25) is 5.02 Å². The largest absolute Gasteiger partial charge is 0.321 e. The zero-order valence-electron chi connectivity index (χ0n) is 11.7. The number of anilines is 1. The van der Waals surface area contributed by atoms with Gasteiger partial charge in [-0.05, 0) is 30.7 Å². The first-order valence-corrected chi connectivity index (χ1v) is 10.0. The molecular formula is C14H17ClN2O2S2. The average molecular weight is 345 g/mol. The summed E-state index contributed by atoms with van der Waals surface area (Å²) in [6.45, 7) is 2.98. The number of benzene rings is 1. The number of hydrogen-bond acceptors (Lipinski definition) is 5. The molecule has 0 aliphatic carbocycles. The highest BCUT2D eigenvalue weighted by molar-refractivity contribution is 8.15. The third kappa shape index (κ3) is 3.22. The molecule has 114 valence electrons. The molecule has 2 heterocycles. The molecule has 4 nitrogen and oxygen atoms in total. The van der Waals surface area contributed by atoms with Crippen molar-refractivity contribution in [1.82, 2.24) is 0 Å². The van der Waals surface area contributed by atoms with E-state index in [-0.39, 0.29) is 22.8 Å². The van der Waals surface area contributed by atoms with Crippen LogP contribution in [-0.2, 0) is 9.84 Å². The van der Waals surface area contributed by atoms with Gasteiger partial charge in [0.05, 0.1) is 17.5 Å². The molecule has 7 heteroatoms. The van der Waals surface area contributed by atoms with Crippen LogP contribution < -0.4 is 4.90 Å². The first-order valence-electron chi connectivity index (χ1n) is 6.96. The van der Waals surface area contributed by atoms with Gasteiger partial charge in [-0.15, -0.1) is 0 Å². The number of amidine groups is 1. The summed E-state index contributed by atoms with van der Waals surface area (Å²) < 4.78 is 23.3. The van der Waals surface area contributed by atoms with E-state index in [2.05, 4.69) is 16.8 Å². The van der Waals surface area contributed by atoms with Crippen molar-refractivity contribution in [2.75, 3.05) is 23.0 Å². The second-order valence-corrected chi connectivity index (χ2v) is 9.14. The Morgan fingerprint density at radius 3 is 2.67 bits per heavy atom. The molecule has 1 saturated heterocycles. The summed E-state index contributed by atoms with van der Waals surface area (Å²) in [6, 6.07) is 7.61. The minimum absolute atomic E-state index is 0.0802. The van der Waals surface area contributed by atoms with Crippen molar-refractivity contribution in [3.63, 3.8) is 0 Å². The molecule has 0 aromatic heterocycles. The number of halogens is 1. The fourth-order valence-electron chi connectivity index (χ4n) is 2.65. The van der Waals surface area contributed by atoms with Gasteiger partial charge in [-0.25, -0.2) is 8.42 Å². The molecule has 0 amide bonds. The molecule has 2 atom stereocenters. The highest BCUT2D eigenvalue weighted by Gasteiger charge is 2.43. The Morgan fingerprint density at radius 2 is 2.05 bits per heavy atom. The van der Waals surface area contributed by atoms with Gasteiger partial charge in [0, 0.05) is 22.5 Å². The Kier molecular flexibility index (Phi) is 4.21. The fourth-order valence-corrected chi connectivity index (χ4v) is 6.58. The molecule has 2 aliphatic heterocycles. The maximum Gasteiger partial charge on any atom is 0.164 e. The Hall–Kier alpha value is -0.720. The lowest BCUT2D eigenvalue weighted by atomic mass is 10.2. The van der Waals surface area contributed by atoms with Gasteiger partial charge >= 0.3 is 0 Å². The van der Waals surface area contributed by atoms with Crippen molar-refractivity contribution >= 4 is 44.1 Å². The number of nitrogens with zero attached hydrogens (tertiary/aromatic N) is 2. The van der Waals surface area contributed by atoms with Crippen LogP contribution in [-0.4, -0.2) is 42.9 Å². The van der Waals surface area contributed by atoms with Crippen LogP contribution in [0.25, 0.3) is 0 Å². The predicted molar refractivity (Wildman–Crippen MR) is 90.3 cm³/mol. The third-order valence-electron chi connectivity index (χ3n) is 3.62. The lowest BCUT2D eigenvalue weighted by Crippen LogP contribution is -2.29. The van der Waals surface area contributed by atoms with Crippen LogP contribution in [0.4, 0.5) is 5.69 Å². The third-order valence-corrected chi connectivity index (χ3v) is 7.12. The Labute approximate surface area is 134 Å². The van der Waals surface area contributed by atoms with Gasteiger partial charge in [-0.1, -0.05) is 30.3 Å². The second-order valence-electron chi connectivity index (χ2n) is 5.34. The quantitative estimate of drug-likeness (QED) is 0.846. The standard InChI is InChI=1S/C14H17ClN2O2S2/c1-2-7-17(11-5-3-10(15)4-6-11)14-16-12-8-21(18,19)9-13(12)20-14/h3-6,12-13H,2,7-9H2,1H3. The summed E-state index contributed by atoms with van der Waals surface area (Å²) in [6.07, 6.45) is 0.996. The molecule has 0 N–H and O–H groups in total. The number of fused-ring (bicyclic) bond motifs is 1. The number of thioether (sulfide) groups is 1. The van der Waals surface area contributed by atoms with Gasteiger partial charge in [0.25, 0.3) is 0 Å². The van der Waals surface area contributed by atoms with E-state index in [0.29, 0.717) is 5.02 Å². The van der Waals surface area contributed by atoms with E-state index in [4.69, 9.17) is 11.6 Å². The van der Waals surface area contributed by atoms with E-state index in [1.165, 1.54) is 0 Å². The molecule has 0 saturated carbocycles. The van der Waals surface area contributed by atoms with Crippen LogP contribution in [0.1, 0.15) is 13.3 Å². The summed E-state index contributed by atoms with van der Waals surface area (Å²) in [7, 11) is -2.90. The molecule has 2 unspecified atom stereocenters. The van der Waals surface area contributed by atoms with Crippen LogP contribution in [0.15, 0.2) is 29.3 Å². The zero-order valence-corrected chi connectivity index (χ0v) is 14.1. The number of hydrogen-bond donors (Lipinski definition) is 0. The van der Waals surface area contributed by atoms with Crippen LogP contribution >= 0.6 is 23.4 Å².